The van der Waals surface area contributed by atoms with Crippen LogP contribution in [0.2, 0.25) is 0 Å². The van der Waals surface area contributed by atoms with Crippen molar-refractivity contribution in [1.82, 2.24) is 4.57 Å². The van der Waals surface area contributed by atoms with Crippen molar-refractivity contribution in [2.24, 2.45) is 5.92 Å². The number of aromatic nitrogens is 1. The van der Waals surface area contributed by atoms with Gasteiger partial charge in [0.15, 0.2) is 0 Å². The number of benzene rings is 2. The molecule has 1 aliphatic rings. The lowest BCUT2D eigenvalue weighted by molar-refractivity contribution is 0.254. The number of hydrogen-bond acceptors (Lipinski definition) is 1. The molecule has 1 atom stereocenters. The largest absolute Gasteiger partial charge is 0.330 e. The third kappa shape index (κ3) is 4.23. The van der Waals surface area contributed by atoms with Gasteiger partial charge in [-0.3, -0.25) is 4.57 Å². The van der Waals surface area contributed by atoms with E-state index in [1.54, 1.807) is 4.57 Å². The van der Waals surface area contributed by atoms with E-state index in [1.807, 2.05) is 36.5 Å². The molecule has 0 saturated carbocycles. The Bertz CT molecular complexity index is 1150. The Balaban J connectivity index is 1.68. The van der Waals surface area contributed by atoms with Gasteiger partial charge in [0.05, 0.1) is 5.52 Å². The molecule has 3 aromatic rings. The van der Waals surface area contributed by atoms with Crippen LogP contribution in [0.15, 0.2) is 72.5 Å². The summed E-state index contributed by atoms with van der Waals surface area (Å²) in [6.45, 7) is 8.89. The topological polar surface area (TPSA) is 34.0 Å². The maximum absolute atomic E-state index is 13.2. The van der Waals surface area contributed by atoms with E-state index in [9.17, 15) is 4.79 Å². The number of carbonyl (C=O) groups excluding carboxylic acids is 1. The van der Waals surface area contributed by atoms with Crippen LogP contribution in [-0.4, -0.2) is 10.6 Å². The molecule has 1 unspecified atom stereocenters. The summed E-state index contributed by atoms with van der Waals surface area (Å²) in [7, 11) is 0. The molecule has 4 rings (SSSR count). The molecule has 1 heterocycles. The van der Waals surface area contributed by atoms with Crippen molar-refractivity contribution in [2.75, 3.05) is 5.32 Å². The molecule has 0 saturated heterocycles. The van der Waals surface area contributed by atoms with Gasteiger partial charge in [-0.05, 0) is 66.0 Å². The third-order valence-corrected chi connectivity index (χ3v) is 6.38. The van der Waals surface area contributed by atoms with Gasteiger partial charge < -0.3 is 5.32 Å². The van der Waals surface area contributed by atoms with E-state index in [4.69, 9.17) is 0 Å². The Hall–Kier alpha value is -3.07. The van der Waals surface area contributed by atoms with E-state index < -0.39 is 0 Å². The van der Waals surface area contributed by atoms with Crippen LogP contribution in [0.3, 0.4) is 0 Å². The lowest BCUT2D eigenvalue weighted by Crippen LogP contribution is -2.18. The number of fused-ring (bicyclic) bond motifs is 1. The predicted octanol–water partition coefficient (Wildman–Crippen LogP) is 7.99. The second-order valence-corrected chi connectivity index (χ2v) is 8.80. The van der Waals surface area contributed by atoms with Gasteiger partial charge in [0.2, 0.25) is 0 Å². The summed E-state index contributed by atoms with van der Waals surface area (Å²) >= 11 is 0. The van der Waals surface area contributed by atoms with Crippen LogP contribution < -0.4 is 5.32 Å². The van der Waals surface area contributed by atoms with E-state index in [2.05, 4.69) is 63.4 Å². The molecule has 1 amide bonds. The number of rotatable bonds is 5. The highest BCUT2D eigenvalue weighted by atomic mass is 16.2. The summed E-state index contributed by atoms with van der Waals surface area (Å²) in [5, 5.41) is 4.19. The van der Waals surface area contributed by atoms with E-state index in [-0.39, 0.29) is 6.03 Å². The second-order valence-electron chi connectivity index (χ2n) is 8.80. The lowest BCUT2D eigenvalue weighted by atomic mass is 9.85. The van der Waals surface area contributed by atoms with Crippen LogP contribution in [0, 0.1) is 5.92 Å². The Morgan fingerprint density at radius 1 is 1.00 bits per heavy atom. The number of nitrogens with one attached hydrogen (secondary N) is 1. The maximum atomic E-state index is 13.2. The number of amides is 1. The molecule has 3 heteroatoms. The molecule has 31 heavy (non-hydrogen) atoms. The summed E-state index contributed by atoms with van der Waals surface area (Å²) in [6, 6.07) is 16.2. The normalized spacial score (nSPS) is 15.0. The zero-order chi connectivity index (χ0) is 22.0. The predicted molar refractivity (Wildman–Crippen MR) is 132 cm³/mol. The number of nitrogens with zero attached hydrogens (tertiary/aromatic N) is 1. The van der Waals surface area contributed by atoms with E-state index >= 15 is 0 Å². The molecule has 160 valence electrons. The van der Waals surface area contributed by atoms with Gasteiger partial charge in [-0.25, -0.2) is 4.79 Å². The fraction of sp³-hybridized carbons (Fsp3) is 0.321. The number of para-hydroxylation sites is 1. The molecule has 0 aliphatic heterocycles. The van der Waals surface area contributed by atoms with Crippen LogP contribution in [0.4, 0.5) is 10.5 Å². The minimum absolute atomic E-state index is 0.134. The Morgan fingerprint density at radius 3 is 2.42 bits per heavy atom. The van der Waals surface area contributed by atoms with Crippen molar-refractivity contribution in [1.29, 1.82) is 0 Å². The van der Waals surface area contributed by atoms with Crippen molar-refractivity contribution in [3.8, 4) is 0 Å². The molecule has 0 spiro atoms. The van der Waals surface area contributed by atoms with Crippen molar-refractivity contribution >= 4 is 28.2 Å². The first-order valence-electron chi connectivity index (χ1n) is 11.4. The minimum Gasteiger partial charge on any atom is -0.307 e. The van der Waals surface area contributed by atoms with E-state index in [0.717, 1.165) is 41.4 Å². The zero-order valence-corrected chi connectivity index (χ0v) is 19.0. The Kier molecular flexibility index (Phi) is 6.13. The zero-order valence-electron chi connectivity index (χ0n) is 19.0. The highest BCUT2D eigenvalue weighted by Crippen LogP contribution is 2.37. The molecule has 2 aromatic carbocycles. The molecule has 0 bridgehead atoms. The van der Waals surface area contributed by atoms with Crippen LogP contribution in [-0.2, 0) is 0 Å². The summed E-state index contributed by atoms with van der Waals surface area (Å²) in [4.78, 5) is 13.2. The van der Waals surface area contributed by atoms with Crippen molar-refractivity contribution in [3.63, 3.8) is 0 Å². The molecule has 1 aromatic heterocycles. The van der Waals surface area contributed by atoms with Gasteiger partial charge in [-0.15, -0.1) is 0 Å². The molecule has 0 fully saturated rings. The van der Waals surface area contributed by atoms with Gasteiger partial charge in [0.25, 0.3) is 0 Å². The van der Waals surface area contributed by atoms with Crippen LogP contribution in [0.1, 0.15) is 64.0 Å². The molecular formula is C28H32N2O. The summed E-state index contributed by atoms with van der Waals surface area (Å²) in [5.74, 6) is 0.971. The van der Waals surface area contributed by atoms with E-state index in [0.29, 0.717) is 11.8 Å². The first kappa shape index (κ1) is 21.2. The summed E-state index contributed by atoms with van der Waals surface area (Å²) in [5.41, 5.74) is 6.82. The maximum Gasteiger partial charge on any atom is 0.330 e. The first-order chi connectivity index (χ1) is 15.0. The van der Waals surface area contributed by atoms with Gasteiger partial charge in [0, 0.05) is 22.8 Å². The standard InChI is InChI=1S/C28H32N2O/c1-5-20(4)21-14-16-22(17-15-21)29-28(31)30-18-26(25-12-8-9-13-27(25)30)24-11-7-6-10-23(24)19(2)3/h8-20H,5-7H2,1-4H3,(H,29,31). The molecule has 1 N–H and O–H groups in total. The summed E-state index contributed by atoms with van der Waals surface area (Å²) in [6.07, 6.45) is 9.91. The van der Waals surface area contributed by atoms with Crippen molar-refractivity contribution < 1.29 is 4.79 Å². The number of anilines is 1. The Labute approximate surface area is 185 Å². The monoisotopic (exact) mass is 412 g/mol. The number of carbonyl (C=O) groups is 1. The minimum atomic E-state index is -0.134. The quantitative estimate of drug-likeness (QED) is 0.452. The number of hydrogen-bond donors (Lipinski definition) is 1. The fourth-order valence-corrected chi connectivity index (χ4v) is 4.38. The van der Waals surface area contributed by atoms with Gasteiger partial charge >= 0.3 is 6.03 Å². The average molecular weight is 413 g/mol. The van der Waals surface area contributed by atoms with Crippen LogP contribution >= 0.6 is 0 Å². The SMILES string of the molecule is CCC(C)c1ccc(NC(=O)n2cc(C3=CCCC=C3C(C)C)c3ccccc32)cc1. The summed E-state index contributed by atoms with van der Waals surface area (Å²) < 4.78 is 1.75. The second kappa shape index (κ2) is 8.97. The van der Waals surface area contributed by atoms with Gasteiger partial charge in [-0.1, -0.05) is 70.2 Å². The van der Waals surface area contributed by atoms with Crippen LogP contribution in [0.25, 0.3) is 16.5 Å². The van der Waals surface area contributed by atoms with Crippen LogP contribution in [0.5, 0.6) is 0 Å². The van der Waals surface area contributed by atoms with Gasteiger partial charge in [0.1, 0.15) is 0 Å². The number of allylic oxidation sites excluding steroid dienone is 4. The highest BCUT2D eigenvalue weighted by Gasteiger charge is 2.20. The van der Waals surface area contributed by atoms with Crippen molar-refractivity contribution in [2.45, 2.75) is 52.9 Å². The van der Waals surface area contributed by atoms with Crippen molar-refractivity contribution in [3.05, 3.63) is 83.6 Å². The first-order valence-corrected chi connectivity index (χ1v) is 11.4. The fourth-order valence-electron chi connectivity index (χ4n) is 4.38. The Morgan fingerprint density at radius 2 is 1.71 bits per heavy atom. The van der Waals surface area contributed by atoms with E-state index in [1.165, 1.54) is 16.7 Å². The molecule has 3 nitrogen and oxygen atoms in total. The van der Waals surface area contributed by atoms with Gasteiger partial charge in [-0.2, -0.15) is 0 Å². The third-order valence-electron chi connectivity index (χ3n) is 6.38. The lowest BCUT2D eigenvalue weighted by Gasteiger charge is -2.19. The smallest absolute Gasteiger partial charge is 0.307 e. The average Bonchev–Trinajstić information content (AvgIpc) is 3.19. The molecule has 0 radical (unpaired) electrons. The molecule has 1 aliphatic carbocycles. The highest BCUT2D eigenvalue weighted by molar-refractivity contribution is 6.04. The molecular weight excluding hydrogens is 380 g/mol.